The van der Waals surface area contributed by atoms with Gasteiger partial charge in [-0.3, -0.25) is 9.59 Å². The van der Waals surface area contributed by atoms with Crippen molar-refractivity contribution in [3.63, 3.8) is 0 Å². The second-order valence-electron chi connectivity index (χ2n) is 5.54. The minimum absolute atomic E-state index is 0.0988. The Bertz CT molecular complexity index is 745. The Morgan fingerprint density at radius 1 is 1.08 bits per heavy atom. The van der Waals surface area contributed by atoms with Gasteiger partial charge in [-0.05, 0) is 30.7 Å². The molecule has 1 atom stereocenters. The zero-order valence-corrected chi connectivity index (χ0v) is 14.9. The van der Waals surface area contributed by atoms with Gasteiger partial charge in [0.1, 0.15) is 0 Å². The molecule has 2 amide bonds. The van der Waals surface area contributed by atoms with E-state index in [0.717, 1.165) is 11.1 Å². The fourth-order valence-electron chi connectivity index (χ4n) is 2.27. The van der Waals surface area contributed by atoms with Crippen molar-refractivity contribution < 1.29 is 9.59 Å². The van der Waals surface area contributed by atoms with Gasteiger partial charge in [-0.15, -0.1) is 0 Å². The fraction of sp³-hybridized carbons (Fsp3) is 0.222. The molecule has 0 fully saturated rings. The Kier molecular flexibility index (Phi) is 6.23. The lowest BCUT2D eigenvalue weighted by Crippen LogP contribution is -2.29. The molecule has 6 heteroatoms. The highest BCUT2D eigenvalue weighted by Gasteiger charge is 2.18. The average Bonchev–Trinajstić information content (AvgIpc) is 2.50. The van der Waals surface area contributed by atoms with Crippen molar-refractivity contribution in [2.24, 2.45) is 0 Å². The van der Waals surface area contributed by atoms with Crippen LogP contribution >= 0.6 is 23.2 Å². The van der Waals surface area contributed by atoms with Gasteiger partial charge in [-0.2, -0.15) is 0 Å². The molecule has 0 bridgehead atoms. The first-order valence-corrected chi connectivity index (χ1v) is 8.19. The van der Waals surface area contributed by atoms with Crippen molar-refractivity contribution in [3.8, 4) is 0 Å². The van der Waals surface area contributed by atoms with Crippen molar-refractivity contribution in [2.75, 3.05) is 5.32 Å². The molecule has 0 aliphatic heterocycles. The van der Waals surface area contributed by atoms with E-state index < -0.39 is 6.04 Å². The van der Waals surface area contributed by atoms with E-state index in [2.05, 4.69) is 10.6 Å². The van der Waals surface area contributed by atoms with Crippen molar-refractivity contribution in [2.45, 2.75) is 26.3 Å². The molecule has 2 rings (SSSR count). The molecule has 0 spiro atoms. The van der Waals surface area contributed by atoms with Crippen LogP contribution in [0.5, 0.6) is 0 Å². The molecule has 0 saturated carbocycles. The van der Waals surface area contributed by atoms with Gasteiger partial charge >= 0.3 is 0 Å². The van der Waals surface area contributed by atoms with E-state index in [0.29, 0.717) is 15.7 Å². The lowest BCUT2D eigenvalue weighted by molar-refractivity contribution is -0.120. The van der Waals surface area contributed by atoms with Gasteiger partial charge in [-0.1, -0.05) is 53.0 Å². The summed E-state index contributed by atoms with van der Waals surface area (Å²) in [5.41, 5.74) is 2.46. The van der Waals surface area contributed by atoms with Crippen LogP contribution in [0.15, 0.2) is 42.5 Å². The molecule has 2 N–H and O–H groups in total. The van der Waals surface area contributed by atoms with Crippen LogP contribution in [0.1, 0.15) is 30.5 Å². The molecule has 0 aliphatic carbocycles. The standard InChI is InChI=1S/C18H18Cl2N2O2/c1-11-3-5-13(6-4-11)17(21-12(2)23)10-18(24)22-16-8-7-14(19)9-15(16)20/h3-9,17H,10H2,1-2H3,(H,21,23)(H,22,24). The minimum atomic E-state index is -0.408. The quantitative estimate of drug-likeness (QED) is 0.819. The van der Waals surface area contributed by atoms with Gasteiger partial charge in [0.05, 0.1) is 23.2 Å². The largest absolute Gasteiger partial charge is 0.349 e. The minimum Gasteiger partial charge on any atom is -0.349 e. The SMILES string of the molecule is CC(=O)NC(CC(=O)Nc1ccc(Cl)cc1Cl)c1ccc(C)cc1. The summed E-state index contributed by atoms with van der Waals surface area (Å²) in [5.74, 6) is -0.448. The van der Waals surface area contributed by atoms with E-state index in [9.17, 15) is 9.59 Å². The summed E-state index contributed by atoms with van der Waals surface area (Å²) >= 11 is 11.9. The number of nitrogens with one attached hydrogen (secondary N) is 2. The van der Waals surface area contributed by atoms with Crippen LogP contribution in [0.2, 0.25) is 10.0 Å². The number of amides is 2. The van der Waals surface area contributed by atoms with Crippen LogP contribution < -0.4 is 10.6 Å². The number of carbonyl (C=O) groups excluding carboxylic acids is 2. The van der Waals surface area contributed by atoms with E-state index >= 15 is 0 Å². The molecule has 1 unspecified atom stereocenters. The van der Waals surface area contributed by atoms with Crippen LogP contribution in [0.4, 0.5) is 5.69 Å². The molecule has 2 aromatic rings. The summed E-state index contributed by atoms with van der Waals surface area (Å²) in [6.07, 6.45) is 0.0988. The molecular weight excluding hydrogens is 347 g/mol. The van der Waals surface area contributed by atoms with Crippen molar-refractivity contribution in [3.05, 3.63) is 63.6 Å². The maximum atomic E-state index is 12.3. The molecule has 4 nitrogen and oxygen atoms in total. The van der Waals surface area contributed by atoms with Crippen molar-refractivity contribution in [1.82, 2.24) is 5.32 Å². The van der Waals surface area contributed by atoms with Crippen LogP contribution in [0.3, 0.4) is 0 Å². The molecule has 0 heterocycles. The molecular formula is C18H18Cl2N2O2. The summed E-state index contributed by atoms with van der Waals surface area (Å²) in [4.78, 5) is 23.8. The van der Waals surface area contributed by atoms with E-state index in [1.165, 1.54) is 6.92 Å². The first-order valence-electron chi connectivity index (χ1n) is 7.43. The third-order valence-electron chi connectivity index (χ3n) is 3.45. The van der Waals surface area contributed by atoms with E-state index in [-0.39, 0.29) is 18.2 Å². The Morgan fingerprint density at radius 3 is 2.33 bits per heavy atom. The first kappa shape index (κ1) is 18.3. The summed E-state index contributed by atoms with van der Waals surface area (Å²) in [6, 6.07) is 12.1. The van der Waals surface area contributed by atoms with Gasteiger partial charge in [0.25, 0.3) is 0 Å². The lowest BCUT2D eigenvalue weighted by Gasteiger charge is -2.18. The van der Waals surface area contributed by atoms with Crippen LogP contribution in [0, 0.1) is 6.92 Å². The zero-order chi connectivity index (χ0) is 17.7. The monoisotopic (exact) mass is 364 g/mol. The van der Waals surface area contributed by atoms with Crippen molar-refractivity contribution >= 4 is 40.7 Å². The third-order valence-corrected chi connectivity index (χ3v) is 4.00. The molecule has 0 saturated heterocycles. The number of carbonyl (C=O) groups is 2. The van der Waals surface area contributed by atoms with Gasteiger partial charge in [0.2, 0.25) is 11.8 Å². The number of hydrogen-bond donors (Lipinski definition) is 2. The molecule has 126 valence electrons. The molecule has 0 aliphatic rings. The molecule has 2 aromatic carbocycles. The number of anilines is 1. The summed E-state index contributed by atoms with van der Waals surface area (Å²) in [5, 5.41) is 6.40. The fourth-order valence-corrected chi connectivity index (χ4v) is 2.73. The van der Waals surface area contributed by atoms with Gasteiger partial charge in [-0.25, -0.2) is 0 Å². The second kappa shape index (κ2) is 8.18. The maximum Gasteiger partial charge on any atom is 0.226 e. The number of benzene rings is 2. The molecule has 0 aromatic heterocycles. The predicted molar refractivity (Wildman–Crippen MR) is 97.4 cm³/mol. The number of rotatable bonds is 5. The van der Waals surface area contributed by atoms with Gasteiger partial charge in [0, 0.05) is 11.9 Å². The van der Waals surface area contributed by atoms with E-state index in [4.69, 9.17) is 23.2 Å². The molecule has 0 radical (unpaired) electrons. The van der Waals surface area contributed by atoms with Gasteiger partial charge in [0.15, 0.2) is 0 Å². The Balaban J connectivity index is 2.12. The van der Waals surface area contributed by atoms with E-state index in [1.54, 1.807) is 18.2 Å². The highest BCUT2D eigenvalue weighted by atomic mass is 35.5. The number of aryl methyl sites for hydroxylation is 1. The highest BCUT2D eigenvalue weighted by molar-refractivity contribution is 6.36. The maximum absolute atomic E-state index is 12.3. The molecule has 24 heavy (non-hydrogen) atoms. The van der Waals surface area contributed by atoms with Crippen molar-refractivity contribution in [1.29, 1.82) is 0 Å². The van der Waals surface area contributed by atoms with Crippen LogP contribution in [-0.4, -0.2) is 11.8 Å². The number of halogens is 2. The normalized spacial score (nSPS) is 11.7. The topological polar surface area (TPSA) is 58.2 Å². The van der Waals surface area contributed by atoms with Crippen LogP contribution in [-0.2, 0) is 9.59 Å². The lowest BCUT2D eigenvalue weighted by atomic mass is 10.0. The summed E-state index contributed by atoms with van der Waals surface area (Å²) < 4.78 is 0. The number of hydrogen-bond acceptors (Lipinski definition) is 2. The first-order chi connectivity index (χ1) is 11.3. The summed E-state index contributed by atoms with van der Waals surface area (Å²) in [6.45, 7) is 3.40. The smallest absolute Gasteiger partial charge is 0.226 e. The van der Waals surface area contributed by atoms with Crippen LogP contribution in [0.25, 0.3) is 0 Å². The summed E-state index contributed by atoms with van der Waals surface area (Å²) in [7, 11) is 0. The average molecular weight is 365 g/mol. The Labute approximate surface area is 151 Å². The Morgan fingerprint density at radius 2 is 1.75 bits per heavy atom. The van der Waals surface area contributed by atoms with E-state index in [1.807, 2.05) is 31.2 Å². The zero-order valence-electron chi connectivity index (χ0n) is 13.4. The second-order valence-corrected chi connectivity index (χ2v) is 6.38. The third kappa shape index (κ3) is 5.25. The van der Waals surface area contributed by atoms with Gasteiger partial charge < -0.3 is 10.6 Å². The Hall–Kier alpha value is -2.04. The predicted octanol–water partition coefficient (Wildman–Crippen LogP) is 4.51. The highest BCUT2D eigenvalue weighted by Crippen LogP contribution is 2.26.